The van der Waals surface area contributed by atoms with Crippen molar-refractivity contribution in [3.05, 3.63) is 30.1 Å². The van der Waals surface area contributed by atoms with Crippen LogP contribution in [0.5, 0.6) is 0 Å². The zero-order valence-corrected chi connectivity index (χ0v) is 10.7. The van der Waals surface area contributed by atoms with Crippen LogP contribution in [0.15, 0.2) is 24.4 Å². The van der Waals surface area contributed by atoms with Gasteiger partial charge in [0, 0.05) is 12.2 Å². The molecule has 2 atom stereocenters. The largest absolute Gasteiger partial charge is 0.309 e. The van der Waals surface area contributed by atoms with E-state index in [0.29, 0.717) is 6.04 Å². The second-order valence-electron chi connectivity index (χ2n) is 4.49. The van der Waals surface area contributed by atoms with Gasteiger partial charge in [0.25, 0.3) is 0 Å². The van der Waals surface area contributed by atoms with E-state index in [1.54, 1.807) is 0 Å². The highest BCUT2D eigenvalue weighted by Crippen LogP contribution is 2.22. The summed E-state index contributed by atoms with van der Waals surface area (Å²) >= 11 is 0. The van der Waals surface area contributed by atoms with Gasteiger partial charge in [-0.2, -0.15) is 0 Å². The third kappa shape index (κ3) is 4.31. The van der Waals surface area contributed by atoms with E-state index in [1.807, 2.05) is 12.3 Å². The predicted octanol–water partition coefficient (Wildman–Crippen LogP) is 3.56. The van der Waals surface area contributed by atoms with Gasteiger partial charge in [0.2, 0.25) is 0 Å². The Morgan fingerprint density at radius 1 is 1.31 bits per heavy atom. The van der Waals surface area contributed by atoms with E-state index in [1.165, 1.54) is 25.0 Å². The highest BCUT2D eigenvalue weighted by Gasteiger charge is 2.14. The van der Waals surface area contributed by atoms with Gasteiger partial charge in [-0.1, -0.05) is 39.7 Å². The van der Waals surface area contributed by atoms with E-state index in [9.17, 15) is 0 Å². The van der Waals surface area contributed by atoms with E-state index in [0.717, 1.165) is 12.5 Å². The Morgan fingerprint density at radius 2 is 2.12 bits per heavy atom. The average Bonchev–Trinajstić information content (AvgIpc) is 2.30. The zero-order chi connectivity index (χ0) is 11.8. The maximum Gasteiger partial charge on any atom is 0.0573 e. The fourth-order valence-electron chi connectivity index (χ4n) is 2.15. The van der Waals surface area contributed by atoms with Crippen LogP contribution in [-0.2, 0) is 0 Å². The molecule has 2 unspecified atom stereocenters. The normalized spacial score (nSPS) is 14.7. The predicted molar refractivity (Wildman–Crippen MR) is 69.3 cm³/mol. The summed E-state index contributed by atoms with van der Waals surface area (Å²) in [7, 11) is 0. The van der Waals surface area contributed by atoms with Gasteiger partial charge < -0.3 is 5.32 Å². The van der Waals surface area contributed by atoms with Crippen LogP contribution in [0, 0.1) is 5.92 Å². The molecule has 1 aromatic heterocycles. The molecule has 0 aliphatic rings. The lowest BCUT2D eigenvalue weighted by Crippen LogP contribution is -2.23. The van der Waals surface area contributed by atoms with Gasteiger partial charge in [0.1, 0.15) is 0 Å². The quantitative estimate of drug-likeness (QED) is 0.760. The van der Waals surface area contributed by atoms with Crippen molar-refractivity contribution in [3.63, 3.8) is 0 Å². The van der Waals surface area contributed by atoms with Gasteiger partial charge in [0.15, 0.2) is 0 Å². The van der Waals surface area contributed by atoms with Gasteiger partial charge >= 0.3 is 0 Å². The molecule has 0 saturated carbocycles. The Balaban J connectivity index is 2.60. The van der Waals surface area contributed by atoms with Gasteiger partial charge in [-0.05, 0) is 31.0 Å². The molecule has 0 aliphatic heterocycles. The maximum atomic E-state index is 4.45. The minimum Gasteiger partial charge on any atom is -0.309 e. The zero-order valence-electron chi connectivity index (χ0n) is 10.7. The van der Waals surface area contributed by atoms with Gasteiger partial charge in [0.05, 0.1) is 5.69 Å². The highest BCUT2D eigenvalue weighted by atomic mass is 14.9. The number of nitrogens with zero attached hydrogens (tertiary/aromatic N) is 1. The molecule has 0 saturated heterocycles. The van der Waals surface area contributed by atoms with Crippen LogP contribution in [0.25, 0.3) is 0 Å². The molecule has 1 heterocycles. The van der Waals surface area contributed by atoms with Crippen molar-refractivity contribution < 1.29 is 0 Å². The molecule has 0 fully saturated rings. The van der Waals surface area contributed by atoms with Crippen molar-refractivity contribution in [1.29, 1.82) is 0 Å². The fraction of sp³-hybridized carbons (Fsp3) is 0.643. The van der Waals surface area contributed by atoms with E-state index in [4.69, 9.17) is 0 Å². The molecule has 90 valence electrons. The molecule has 0 aromatic carbocycles. The van der Waals surface area contributed by atoms with E-state index in [-0.39, 0.29) is 0 Å². The minimum atomic E-state index is 0.410. The van der Waals surface area contributed by atoms with Crippen LogP contribution < -0.4 is 5.32 Å². The summed E-state index contributed by atoms with van der Waals surface area (Å²) in [5.74, 6) is 0.760. The molecule has 16 heavy (non-hydrogen) atoms. The summed E-state index contributed by atoms with van der Waals surface area (Å²) in [5.41, 5.74) is 1.17. The molecule has 2 heteroatoms. The van der Waals surface area contributed by atoms with Crippen molar-refractivity contribution in [2.45, 2.75) is 46.1 Å². The van der Waals surface area contributed by atoms with Gasteiger partial charge in [-0.25, -0.2) is 0 Å². The van der Waals surface area contributed by atoms with Crippen LogP contribution in [0.2, 0.25) is 0 Å². The maximum absolute atomic E-state index is 4.45. The SMILES string of the molecule is CCCC(C)CC(NCC)c1ccccn1. The molecule has 2 nitrogen and oxygen atoms in total. The molecule has 1 rings (SSSR count). The van der Waals surface area contributed by atoms with Crippen molar-refractivity contribution in [1.82, 2.24) is 10.3 Å². The first kappa shape index (κ1) is 13.2. The molecule has 1 N–H and O–H groups in total. The Bertz CT molecular complexity index is 271. The smallest absolute Gasteiger partial charge is 0.0573 e. The lowest BCUT2D eigenvalue weighted by atomic mass is 9.95. The van der Waals surface area contributed by atoms with Crippen molar-refractivity contribution in [3.8, 4) is 0 Å². The summed E-state index contributed by atoms with van der Waals surface area (Å²) in [6, 6.07) is 6.57. The molecular weight excluding hydrogens is 196 g/mol. The molecular formula is C14H24N2. The van der Waals surface area contributed by atoms with Crippen LogP contribution in [-0.4, -0.2) is 11.5 Å². The molecule has 0 amide bonds. The van der Waals surface area contributed by atoms with Crippen molar-refractivity contribution in [2.75, 3.05) is 6.54 Å². The van der Waals surface area contributed by atoms with Crippen LogP contribution in [0.4, 0.5) is 0 Å². The average molecular weight is 220 g/mol. The Morgan fingerprint density at radius 3 is 2.69 bits per heavy atom. The second-order valence-corrected chi connectivity index (χ2v) is 4.49. The number of hydrogen-bond donors (Lipinski definition) is 1. The molecule has 0 spiro atoms. The number of nitrogens with one attached hydrogen (secondary N) is 1. The lowest BCUT2D eigenvalue weighted by molar-refractivity contribution is 0.390. The topological polar surface area (TPSA) is 24.9 Å². The minimum absolute atomic E-state index is 0.410. The monoisotopic (exact) mass is 220 g/mol. The third-order valence-electron chi connectivity index (χ3n) is 2.91. The first-order valence-corrected chi connectivity index (χ1v) is 6.42. The van der Waals surface area contributed by atoms with Crippen molar-refractivity contribution in [2.24, 2.45) is 5.92 Å². The molecule has 0 aliphatic carbocycles. The summed E-state index contributed by atoms with van der Waals surface area (Å²) in [4.78, 5) is 4.45. The summed E-state index contributed by atoms with van der Waals surface area (Å²) in [6.45, 7) is 7.73. The molecule has 1 aromatic rings. The number of rotatable bonds is 7. The van der Waals surface area contributed by atoms with Crippen molar-refractivity contribution >= 4 is 0 Å². The van der Waals surface area contributed by atoms with Crippen LogP contribution in [0.3, 0.4) is 0 Å². The Kier molecular flexibility index (Phi) is 6.09. The molecule has 0 bridgehead atoms. The van der Waals surface area contributed by atoms with Crippen LogP contribution in [0.1, 0.15) is 51.8 Å². The number of pyridine rings is 1. The van der Waals surface area contributed by atoms with E-state index < -0.39 is 0 Å². The van der Waals surface area contributed by atoms with E-state index >= 15 is 0 Å². The Labute approximate surface area is 99.5 Å². The first-order chi connectivity index (χ1) is 7.77. The standard InChI is InChI=1S/C14H24N2/c1-4-8-12(3)11-14(15-5-2)13-9-6-7-10-16-13/h6-7,9-10,12,14-15H,4-5,8,11H2,1-3H3. The Hall–Kier alpha value is -0.890. The van der Waals surface area contributed by atoms with Gasteiger partial charge in [-0.3, -0.25) is 4.98 Å². The number of hydrogen-bond acceptors (Lipinski definition) is 2. The molecule has 0 radical (unpaired) electrons. The third-order valence-corrected chi connectivity index (χ3v) is 2.91. The summed E-state index contributed by atoms with van der Waals surface area (Å²) < 4.78 is 0. The number of aromatic nitrogens is 1. The summed E-state index contributed by atoms with van der Waals surface area (Å²) in [5, 5.41) is 3.53. The first-order valence-electron chi connectivity index (χ1n) is 6.42. The lowest BCUT2D eigenvalue weighted by Gasteiger charge is -2.21. The van der Waals surface area contributed by atoms with E-state index in [2.05, 4.69) is 43.2 Å². The summed E-state index contributed by atoms with van der Waals surface area (Å²) in [6.07, 6.45) is 5.62. The second kappa shape index (κ2) is 7.39. The highest BCUT2D eigenvalue weighted by molar-refractivity contribution is 5.08. The fourth-order valence-corrected chi connectivity index (χ4v) is 2.15. The van der Waals surface area contributed by atoms with Gasteiger partial charge in [-0.15, -0.1) is 0 Å². The van der Waals surface area contributed by atoms with Crippen LogP contribution >= 0.6 is 0 Å².